The number of hydrogen-bond acceptors (Lipinski definition) is 4. The number of nitrogens with two attached hydrogens (primary N) is 2. The second kappa shape index (κ2) is 3.53. The van der Waals surface area contributed by atoms with Gasteiger partial charge in [0.15, 0.2) is 0 Å². The van der Waals surface area contributed by atoms with Gasteiger partial charge in [-0.05, 0) is 12.2 Å². The van der Waals surface area contributed by atoms with Gasteiger partial charge in [-0.25, -0.2) is 0 Å². The lowest BCUT2D eigenvalue weighted by Gasteiger charge is -1.94. The van der Waals surface area contributed by atoms with Crippen molar-refractivity contribution in [2.24, 2.45) is 16.6 Å². The maximum Gasteiger partial charge on any atom is 0.269 e. The summed E-state index contributed by atoms with van der Waals surface area (Å²) in [6, 6.07) is 0. The topological polar surface area (TPSA) is 111 Å². The van der Waals surface area contributed by atoms with Gasteiger partial charge in [-0.2, -0.15) is 5.10 Å². The Hall–Kier alpha value is -2.11. The Labute approximate surface area is 74.0 Å². The van der Waals surface area contributed by atoms with E-state index in [0.717, 1.165) is 0 Å². The summed E-state index contributed by atoms with van der Waals surface area (Å²) in [4.78, 5) is 21.4. The highest BCUT2D eigenvalue weighted by Gasteiger charge is 2.09. The number of rotatable bonds is 2. The quantitative estimate of drug-likeness (QED) is 0.473. The predicted octanol–water partition coefficient (Wildman–Crippen LogP) is -1.64. The molecule has 0 aromatic rings. The summed E-state index contributed by atoms with van der Waals surface area (Å²) in [5, 5.41) is 3.58. The molecular formula is C7H8N4O2. The lowest BCUT2D eigenvalue weighted by Crippen LogP contribution is -2.24. The number of carbonyl (C=O) groups excluding carboxylic acids is 2. The monoisotopic (exact) mass is 180 g/mol. The van der Waals surface area contributed by atoms with Crippen molar-refractivity contribution in [2.75, 3.05) is 0 Å². The van der Waals surface area contributed by atoms with Crippen molar-refractivity contribution in [3.63, 3.8) is 0 Å². The Bertz CT molecular complexity index is 340. The number of nitrogens with zero attached hydrogens (tertiary/aromatic N) is 1. The third-order valence-electron chi connectivity index (χ3n) is 1.35. The Morgan fingerprint density at radius 3 is 2.54 bits per heavy atom. The molecule has 1 heterocycles. The van der Waals surface area contributed by atoms with Crippen LogP contribution in [0.2, 0.25) is 0 Å². The number of carbonyl (C=O) groups is 2. The van der Waals surface area contributed by atoms with Crippen molar-refractivity contribution in [3.05, 3.63) is 23.9 Å². The molecule has 1 aliphatic heterocycles. The minimum absolute atomic E-state index is 0.0428. The lowest BCUT2D eigenvalue weighted by atomic mass is 10.2. The molecular weight excluding hydrogens is 172 g/mol. The Kier molecular flexibility index (Phi) is 2.44. The molecule has 0 saturated carbocycles. The van der Waals surface area contributed by atoms with Gasteiger partial charge in [0.05, 0.1) is 0 Å². The van der Waals surface area contributed by atoms with Crippen LogP contribution in [0, 0.1) is 0 Å². The summed E-state index contributed by atoms with van der Waals surface area (Å²) in [5.74, 6) is -1.37. The van der Waals surface area contributed by atoms with Gasteiger partial charge in [0, 0.05) is 11.8 Å². The van der Waals surface area contributed by atoms with E-state index in [0.29, 0.717) is 0 Å². The third-order valence-corrected chi connectivity index (χ3v) is 1.35. The van der Waals surface area contributed by atoms with Crippen molar-refractivity contribution in [2.45, 2.75) is 0 Å². The number of hydrogen-bond donors (Lipinski definition) is 3. The maximum absolute atomic E-state index is 10.7. The first-order valence-corrected chi connectivity index (χ1v) is 3.42. The van der Waals surface area contributed by atoms with E-state index in [1.165, 1.54) is 18.4 Å². The summed E-state index contributed by atoms with van der Waals surface area (Å²) in [6.45, 7) is 0. The van der Waals surface area contributed by atoms with Crippen molar-refractivity contribution in [3.8, 4) is 0 Å². The van der Waals surface area contributed by atoms with E-state index in [2.05, 4.69) is 10.5 Å². The van der Waals surface area contributed by atoms with Crippen molar-refractivity contribution in [1.29, 1.82) is 0 Å². The van der Waals surface area contributed by atoms with Crippen LogP contribution in [0.1, 0.15) is 0 Å². The van der Waals surface area contributed by atoms with Crippen molar-refractivity contribution < 1.29 is 9.59 Å². The summed E-state index contributed by atoms with van der Waals surface area (Å²) >= 11 is 0. The van der Waals surface area contributed by atoms with E-state index in [-0.39, 0.29) is 11.3 Å². The molecule has 0 aliphatic carbocycles. The highest BCUT2D eigenvalue weighted by atomic mass is 16.1. The van der Waals surface area contributed by atoms with Crippen molar-refractivity contribution in [1.82, 2.24) is 5.43 Å². The summed E-state index contributed by atoms with van der Waals surface area (Å²) < 4.78 is 0. The van der Waals surface area contributed by atoms with E-state index >= 15 is 0 Å². The number of primary amides is 2. The second-order valence-electron chi connectivity index (χ2n) is 2.29. The van der Waals surface area contributed by atoms with E-state index in [1.807, 2.05) is 0 Å². The average Bonchev–Trinajstić information content (AvgIpc) is 2.28. The van der Waals surface area contributed by atoms with Gasteiger partial charge >= 0.3 is 0 Å². The Morgan fingerprint density at radius 1 is 1.31 bits per heavy atom. The first-order valence-electron chi connectivity index (χ1n) is 3.42. The molecule has 1 aliphatic rings. The largest absolute Gasteiger partial charge is 0.366 e. The zero-order valence-electron chi connectivity index (χ0n) is 6.65. The molecule has 1 rings (SSSR count). The van der Waals surface area contributed by atoms with E-state index in [9.17, 15) is 9.59 Å². The van der Waals surface area contributed by atoms with Crippen LogP contribution >= 0.6 is 0 Å². The van der Waals surface area contributed by atoms with Gasteiger partial charge in [0.25, 0.3) is 5.91 Å². The van der Waals surface area contributed by atoms with Gasteiger partial charge in [-0.15, -0.1) is 0 Å². The van der Waals surface area contributed by atoms with Gasteiger partial charge in [-0.1, -0.05) is 0 Å². The van der Waals surface area contributed by atoms with Crippen LogP contribution in [0.5, 0.6) is 0 Å². The standard InChI is InChI=1S/C7H8N4O2/c8-6(12)4-1-2-10-11-5(3-4)7(9)13/h1-3,10H,(H2,8,12)(H2,9,13). The molecule has 6 nitrogen and oxygen atoms in total. The zero-order chi connectivity index (χ0) is 9.84. The second-order valence-corrected chi connectivity index (χ2v) is 2.29. The zero-order valence-corrected chi connectivity index (χ0v) is 6.65. The molecule has 0 saturated heterocycles. The molecule has 0 aromatic carbocycles. The van der Waals surface area contributed by atoms with Crippen LogP contribution in [0.25, 0.3) is 0 Å². The highest BCUT2D eigenvalue weighted by molar-refractivity contribution is 6.43. The maximum atomic E-state index is 10.7. The van der Waals surface area contributed by atoms with Crippen LogP contribution in [-0.4, -0.2) is 17.5 Å². The first kappa shape index (κ1) is 8.98. The minimum Gasteiger partial charge on any atom is -0.366 e. The fourth-order valence-corrected chi connectivity index (χ4v) is 0.741. The fourth-order valence-electron chi connectivity index (χ4n) is 0.741. The normalized spacial score (nSPS) is 15.1. The molecule has 0 fully saturated rings. The van der Waals surface area contributed by atoms with Crippen LogP contribution in [0.4, 0.5) is 0 Å². The van der Waals surface area contributed by atoms with E-state index in [4.69, 9.17) is 11.5 Å². The van der Waals surface area contributed by atoms with Crippen LogP contribution in [0.3, 0.4) is 0 Å². The number of amides is 2. The molecule has 0 aromatic heterocycles. The predicted molar refractivity (Wildman–Crippen MR) is 46.2 cm³/mol. The Balaban J connectivity index is 3.03. The van der Waals surface area contributed by atoms with Crippen LogP contribution in [-0.2, 0) is 9.59 Å². The fraction of sp³-hybridized carbons (Fsp3) is 0. The SMILES string of the molecule is NC(=O)C1=CC(C(N)=O)=NNC=C1. The molecule has 0 atom stereocenters. The molecule has 2 amide bonds. The number of nitrogens with one attached hydrogen (secondary N) is 1. The van der Waals surface area contributed by atoms with E-state index in [1.54, 1.807) is 0 Å². The molecule has 6 heteroatoms. The molecule has 0 spiro atoms. The summed E-state index contributed by atoms with van der Waals surface area (Å²) in [6.07, 6.45) is 4.01. The summed E-state index contributed by atoms with van der Waals surface area (Å²) in [7, 11) is 0. The lowest BCUT2D eigenvalue weighted by molar-refractivity contribution is -0.114. The van der Waals surface area contributed by atoms with Gasteiger partial charge < -0.3 is 11.5 Å². The molecule has 0 unspecified atom stereocenters. The minimum atomic E-state index is -0.727. The summed E-state index contributed by atoms with van der Waals surface area (Å²) in [5.41, 5.74) is 12.5. The molecule has 68 valence electrons. The molecule has 5 N–H and O–H groups in total. The van der Waals surface area contributed by atoms with Gasteiger partial charge in [-0.3, -0.25) is 15.0 Å². The molecule has 0 bridgehead atoms. The van der Waals surface area contributed by atoms with Gasteiger partial charge in [0.2, 0.25) is 5.91 Å². The smallest absolute Gasteiger partial charge is 0.269 e. The Morgan fingerprint density at radius 2 is 2.00 bits per heavy atom. The first-order chi connectivity index (χ1) is 6.11. The molecule has 13 heavy (non-hydrogen) atoms. The van der Waals surface area contributed by atoms with E-state index < -0.39 is 11.8 Å². The number of hydrazone groups is 1. The third kappa shape index (κ3) is 2.16. The van der Waals surface area contributed by atoms with Crippen LogP contribution in [0.15, 0.2) is 29.0 Å². The van der Waals surface area contributed by atoms with Crippen LogP contribution < -0.4 is 16.9 Å². The highest BCUT2D eigenvalue weighted by Crippen LogP contribution is 1.99. The van der Waals surface area contributed by atoms with Crippen molar-refractivity contribution >= 4 is 17.5 Å². The average molecular weight is 180 g/mol. The van der Waals surface area contributed by atoms with Gasteiger partial charge in [0.1, 0.15) is 5.71 Å². The molecule has 0 radical (unpaired) electrons.